The molecule has 0 atom stereocenters. The molecule has 2 aromatic carbocycles. The summed E-state index contributed by atoms with van der Waals surface area (Å²) in [5.41, 5.74) is 9.34. The average molecular weight is 680 g/mol. The van der Waals surface area contributed by atoms with Crippen LogP contribution in [0.15, 0.2) is 42.1 Å². The number of aromatic carboxylic acids is 1. The lowest BCUT2D eigenvalue weighted by atomic mass is 9.91. The van der Waals surface area contributed by atoms with Crippen LogP contribution in [0.2, 0.25) is 5.02 Å². The molecule has 1 aliphatic rings. The monoisotopic (exact) mass is 679 g/mol. The van der Waals surface area contributed by atoms with Crippen molar-refractivity contribution in [2.75, 3.05) is 25.2 Å². The van der Waals surface area contributed by atoms with Crippen LogP contribution in [0.5, 0.6) is 5.75 Å². The van der Waals surface area contributed by atoms with Crippen LogP contribution in [-0.4, -0.2) is 56.3 Å². The minimum absolute atomic E-state index is 0.262. The lowest BCUT2D eigenvalue weighted by Gasteiger charge is -2.19. The van der Waals surface area contributed by atoms with Crippen LogP contribution in [0.25, 0.3) is 22.0 Å². The second kappa shape index (κ2) is 15.0. The number of rotatable bonds is 14. The number of aryl methyl sites for hydroxylation is 4. The normalized spacial score (nSPS) is 13.2. The van der Waals surface area contributed by atoms with Crippen LogP contribution in [0.4, 0.5) is 0 Å². The van der Waals surface area contributed by atoms with Gasteiger partial charge >= 0.3 is 5.97 Å². The van der Waals surface area contributed by atoms with E-state index in [4.69, 9.17) is 26.8 Å². The van der Waals surface area contributed by atoms with Crippen molar-refractivity contribution in [1.82, 2.24) is 19.7 Å². The molecule has 0 radical (unpaired) electrons. The van der Waals surface area contributed by atoms with Gasteiger partial charge in [0.1, 0.15) is 11.4 Å². The van der Waals surface area contributed by atoms with Gasteiger partial charge in [0.25, 0.3) is 0 Å². The smallest absolute Gasteiger partial charge is 0.352 e. The van der Waals surface area contributed by atoms with E-state index < -0.39 is 5.97 Å². The fourth-order valence-corrected chi connectivity index (χ4v) is 7.76. The van der Waals surface area contributed by atoms with Crippen LogP contribution in [0.3, 0.4) is 0 Å². The number of carbonyl (C=O) groups is 1. The maximum Gasteiger partial charge on any atom is 0.352 e. The van der Waals surface area contributed by atoms with E-state index in [0.717, 1.165) is 57.7 Å². The molecule has 0 amide bonds. The molecule has 5 rings (SSSR count). The van der Waals surface area contributed by atoms with E-state index in [1.54, 1.807) is 17.8 Å². The second-order valence-electron chi connectivity index (χ2n) is 11.7. The molecule has 46 heavy (non-hydrogen) atoms. The molecule has 0 saturated heterocycles. The van der Waals surface area contributed by atoms with Gasteiger partial charge in [0, 0.05) is 82.1 Å². The lowest BCUT2D eigenvalue weighted by Crippen LogP contribution is -2.12. The number of ether oxygens (including phenoxy) is 1. The minimum Gasteiger partial charge on any atom is -0.493 e. The maximum absolute atomic E-state index is 12.7. The first-order chi connectivity index (χ1) is 22.2. The highest BCUT2D eigenvalue weighted by atomic mass is 35.5. The Morgan fingerprint density at radius 3 is 2.74 bits per heavy atom. The molecule has 0 saturated carbocycles. The van der Waals surface area contributed by atoms with Gasteiger partial charge in [-0.15, -0.1) is 11.8 Å². The number of fused-ring (bicyclic) bond motifs is 2. The Labute approximate surface area is 285 Å². The number of nitrogens with one attached hydrogen (secondary N) is 2. The number of hydrogen-bond acceptors (Lipinski definition) is 7. The van der Waals surface area contributed by atoms with Crippen molar-refractivity contribution in [1.29, 1.82) is 5.41 Å². The van der Waals surface area contributed by atoms with E-state index in [1.807, 2.05) is 55.4 Å². The number of nitrogens with zero attached hydrogens (tertiary/aromatic N) is 3. The van der Waals surface area contributed by atoms with Gasteiger partial charge in [0.05, 0.1) is 12.3 Å². The summed E-state index contributed by atoms with van der Waals surface area (Å²) < 4.78 is 10.00. The van der Waals surface area contributed by atoms with Crippen LogP contribution < -0.4 is 10.1 Å². The summed E-state index contributed by atoms with van der Waals surface area (Å²) in [5.74, 6) is 1.60. The Morgan fingerprint density at radius 2 is 2.00 bits per heavy atom. The Kier molecular flexibility index (Phi) is 11.1. The van der Waals surface area contributed by atoms with Crippen molar-refractivity contribution in [3.63, 3.8) is 0 Å². The van der Waals surface area contributed by atoms with E-state index >= 15 is 0 Å². The minimum atomic E-state index is -0.971. The quantitative estimate of drug-likeness (QED) is 0.0620. The van der Waals surface area contributed by atoms with Crippen LogP contribution in [0, 0.1) is 19.3 Å². The van der Waals surface area contributed by atoms with Gasteiger partial charge in [-0.3, -0.25) is 4.68 Å². The second-order valence-corrected chi connectivity index (χ2v) is 13.4. The van der Waals surface area contributed by atoms with Gasteiger partial charge in [-0.25, -0.2) is 4.79 Å². The summed E-state index contributed by atoms with van der Waals surface area (Å²) in [6.07, 6.45) is 7.00. The number of allylic oxidation sites excluding steroid dienone is 1. The molecule has 3 N–H and O–H groups in total. The van der Waals surface area contributed by atoms with E-state index in [1.165, 1.54) is 24.0 Å². The third-order valence-electron chi connectivity index (χ3n) is 8.76. The number of hydrogen-bond donors (Lipinski definition) is 4. The van der Waals surface area contributed by atoms with E-state index in [-0.39, 0.29) is 5.69 Å². The first-order valence-corrected chi connectivity index (χ1v) is 17.8. The molecule has 1 aliphatic carbocycles. The van der Waals surface area contributed by atoms with Crippen LogP contribution in [0.1, 0.15) is 57.8 Å². The van der Waals surface area contributed by atoms with E-state index in [2.05, 4.69) is 30.1 Å². The zero-order valence-corrected chi connectivity index (χ0v) is 29.3. The highest BCUT2D eigenvalue weighted by Crippen LogP contribution is 2.43. The first kappa shape index (κ1) is 34.0. The number of aromatic nitrogens is 3. The Balaban J connectivity index is 1.44. The summed E-state index contributed by atoms with van der Waals surface area (Å²) in [6, 6.07) is 10.1. The molecule has 11 heteroatoms. The zero-order valence-electron chi connectivity index (χ0n) is 26.9. The summed E-state index contributed by atoms with van der Waals surface area (Å²) in [4.78, 5) is 12.7. The van der Waals surface area contributed by atoms with Gasteiger partial charge in [0.2, 0.25) is 0 Å². The molecular formula is C35H42ClN5O3S2. The number of carboxylic acid groups (broad SMARTS) is 1. The van der Waals surface area contributed by atoms with E-state index in [9.17, 15) is 9.90 Å². The SMILES string of the molecule is CN/C(=C\C(=N)CSCc1nn(C)c(C)c1-c1c(Cl)ccc2c1c(C)c(C(=O)O)n2CCCOc1cccc2c1CCCC2)CS. The summed E-state index contributed by atoms with van der Waals surface area (Å²) in [7, 11) is 3.73. The molecule has 0 bridgehead atoms. The number of carboxylic acids is 1. The maximum atomic E-state index is 12.7. The predicted molar refractivity (Wildman–Crippen MR) is 194 cm³/mol. The van der Waals surface area contributed by atoms with Crippen molar-refractivity contribution >= 4 is 58.6 Å². The van der Waals surface area contributed by atoms with Gasteiger partial charge in [-0.2, -0.15) is 17.7 Å². The first-order valence-electron chi connectivity index (χ1n) is 15.6. The Hall–Kier alpha value is -3.34. The Morgan fingerprint density at radius 1 is 1.22 bits per heavy atom. The molecule has 0 spiro atoms. The molecule has 4 aromatic rings. The van der Waals surface area contributed by atoms with Crippen molar-refractivity contribution < 1.29 is 14.6 Å². The summed E-state index contributed by atoms with van der Waals surface area (Å²) in [6.45, 7) is 4.86. The zero-order chi connectivity index (χ0) is 33.0. The van der Waals surface area contributed by atoms with E-state index in [0.29, 0.717) is 53.1 Å². The number of halogens is 1. The van der Waals surface area contributed by atoms with Gasteiger partial charge < -0.3 is 25.1 Å². The largest absolute Gasteiger partial charge is 0.493 e. The fraction of sp³-hybridized carbons (Fsp3) is 0.400. The molecule has 2 heterocycles. The van der Waals surface area contributed by atoms with Crippen molar-refractivity contribution in [3.05, 3.63) is 80.9 Å². The topological polar surface area (TPSA) is 105 Å². The van der Waals surface area contributed by atoms with Crippen molar-refractivity contribution in [2.45, 2.75) is 58.2 Å². The van der Waals surface area contributed by atoms with Gasteiger partial charge in [-0.05, 0) is 86.9 Å². The molecule has 244 valence electrons. The molecule has 2 aromatic heterocycles. The fourth-order valence-electron chi connectivity index (χ4n) is 6.46. The number of thiol groups is 1. The molecular weight excluding hydrogens is 638 g/mol. The van der Waals surface area contributed by atoms with Gasteiger partial charge in [-0.1, -0.05) is 23.7 Å². The van der Waals surface area contributed by atoms with Gasteiger partial charge in [0.15, 0.2) is 0 Å². The lowest BCUT2D eigenvalue weighted by molar-refractivity contribution is 0.0684. The number of thioether (sulfide) groups is 1. The predicted octanol–water partition coefficient (Wildman–Crippen LogP) is 7.64. The third kappa shape index (κ3) is 6.99. The Bertz CT molecular complexity index is 1800. The standard InChI is InChI=1S/C35H42ClN5O3S2/c1-21-31-29(41(34(21)35(42)43)15-8-16-44-30-12-7-10-23-9-5-6-11-26(23)30)14-13-27(36)33(31)32-22(2)40(4)39-28(32)20-46-19-24(37)17-25(18-45)38-3/h7,10,12-14,17,37-38,45H,5-6,8-9,11,15-16,18-20H2,1-4H3,(H,42,43)/b25-17-,37-24?. The average Bonchev–Trinajstić information content (AvgIpc) is 3.49. The van der Waals surface area contributed by atoms with Crippen LogP contribution in [-0.2, 0) is 32.2 Å². The highest BCUT2D eigenvalue weighted by molar-refractivity contribution is 7.99. The van der Waals surface area contributed by atoms with Crippen molar-refractivity contribution in [2.24, 2.45) is 7.05 Å². The molecule has 0 unspecified atom stereocenters. The highest BCUT2D eigenvalue weighted by Gasteiger charge is 2.27. The van der Waals surface area contributed by atoms with Crippen LogP contribution >= 0.6 is 36.0 Å². The third-order valence-corrected chi connectivity index (χ3v) is 10.4. The number of benzene rings is 2. The molecule has 8 nitrogen and oxygen atoms in total. The summed E-state index contributed by atoms with van der Waals surface area (Å²) >= 11 is 12.9. The molecule has 0 aliphatic heterocycles. The van der Waals surface area contributed by atoms with Crippen molar-refractivity contribution in [3.8, 4) is 16.9 Å². The summed E-state index contributed by atoms with van der Waals surface area (Å²) in [5, 5.41) is 28.0. The molecule has 0 fully saturated rings.